The number of rotatable bonds is 9. The van der Waals surface area contributed by atoms with E-state index in [-0.39, 0.29) is 6.03 Å². The number of benzene rings is 1. The van der Waals surface area contributed by atoms with E-state index in [4.69, 9.17) is 4.74 Å². The maximum atomic E-state index is 12.2. The molecule has 23 heavy (non-hydrogen) atoms. The second-order valence-corrected chi connectivity index (χ2v) is 6.27. The van der Waals surface area contributed by atoms with E-state index in [1.54, 1.807) is 12.0 Å². The van der Waals surface area contributed by atoms with Crippen LogP contribution in [0.15, 0.2) is 24.3 Å². The van der Waals surface area contributed by atoms with Gasteiger partial charge in [0.15, 0.2) is 0 Å². The van der Waals surface area contributed by atoms with Gasteiger partial charge >= 0.3 is 6.03 Å². The standard InChI is InChI=1S/C18H29N3O2/c1-15-6-4-5-7-16(15)14-20(2)18(22)19-10-11-21(12-13-23-3)17-8-9-17/h4-7,17H,8-14H2,1-3H3,(H,19,22). The minimum atomic E-state index is -0.0178. The van der Waals surface area contributed by atoms with Crippen LogP contribution < -0.4 is 5.32 Å². The molecular formula is C18H29N3O2. The average Bonchev–Trinajstić information content (AvgIpc) is 3.37. The summed E-state index contributed by atoms with van der Waals surface area (Å²) in [5, 5.41) is 3.02. The molecule has 1 aliphatic rings. The van der Waals surface area contributed by atoms with Crippen molar-refractivity contribution in [1.82, 2.24) is 15.1 Å². The highest BCUT2D eigenvalue weighted by Crippen LogP contribution is 2.25. The molecule has 0 unspecified atom stereocenters. The normalized spacial score (nSPS) is 14.1. The lowest BCUT2D eigenvalue weighted by Gasteiger charge is -2.23. The van der Waals surface area contributed by atoms with Crippen LogP contribution in [-0.4, -0.2) is 62.3 Å². The van der Waals surface area contributed by atoms with E-state index in [2.05, 4.69) is 29.3 Å². The van der Waals surface area contributed by atoms with E-state index in [0.29, 0.717) is 19.1 Å². The van der Waals surface area contributed by atoms with Crippen LogP contribution >= 0.6 is 0 Å². The van der Waals surface area contributed by atoms with Crippen molar-refractivity contribution in [3.8, 4) is 0 Å². The van der Waals surface area contributed by atoms with E-state index in [0.717, 1.165) is 19.7 Å². The Labute approximate surface area is 139 Å². The number of carbonyl (C=O) groups excluding carboxylic acids is 1. The van der Waals surface area contributed by atoms with E-state index in [9.17, 15) is 4.79 Å². The van der Waals surface area contributed by atoms with Gasteiger partial charge in [-0.2, -0.15) is 0 Å². The van der Waals surface area contributed by atoms with Crippen molar-refractivity contribution in [3.05, 3.63) is 35.4 Å². The van der Waals surface area contributed by atoms with Crippen molar-refractivity contribution in [2.45, 2.75) is 32.4 Å². The van der Waals surface area contributed by atoms with Crippen molar-refractivity contribution in [2.24, 2.45) is 0 Å². The Balaban J connectivity index is 1.72. The van der Waals surface area contributed by atoms with Crippen LogP contribution in [0.2, 0.25) is 0 Å². The van der Waals surface area contributed by atoms with Crippen LogP contribution in [-0.2, 0) is 11.3 Å². The number of hydrogen-bond acceptors (Lipinski definition) is 3. The predicted octanol–water partition coefficient (Wildman–Crippen LogP) is 2.25. The van der Waals surface area contributed by atoms with Crippen LogP contribution in [0.1, 0.15) is 24.0 Å². The van der Waals surface area contributed by atoms with Crippen molar-refractivity contribution in [3.63, 3.8) is 0 Å². The number of aryl methyl sites for hydroxylation is 1. The Morgan fingerprint density at radius 3 is 2.70 bits per heavy atom. The summed E-state index contributed by atoms with van der Waals surface area (Å²) in [6.45, 7) is 5.96. The number of nitrogens with zero attached hydrogens (tertiary/aromatic N) is 2. The summed E-state index contributed by atoms with van der Waals surface area (Å²) in [5.74, 6) is 0. The maximum Gasteiger partial charge on any atom is 0.317 e. The minimum Gasteiger partial charge on any atom is -0.383 e. The molecule has 0 saturated heterocycles. The van der Waals surface area contributed by atoms with Crippen LogP contribution in [0.25, 0.3) is 0 Å². The summed E-state index contributed by atoms with van der Waals surface area (Å²) in [4.78, 5) is 16.4. The number of methoxy groups -OCH3 is 1. The fraction of sp³-hybridized carbons (Fsp3) is 0.611. The molecule has 1 fully saturated rings. The first-order chi connectivity index (χ1) is 11.1. The van der Waals surface area contributed by atoms with Crippen molar-refractivity contribution < 1.29 is 9.53 Å². The topological polar surface area (TPSA) is 44.8 Å². The van der Waals surface area contributed by atoms with Gasteiger partial charge in [-0.3, -0.25) is 4.90 Å². The SMILES string of the molecule is COCCN(CCNC(=O)N(C)Cc1ccccc1C)C1CC1. The summed E-state index contributed by atoms with van der Waals surface area (Å²) >= 11 is 0. The monoisotopic (exact) mass is 319 g/mol. The van der Waals surface area contributed by atoms with Gasteiger partial charge < -0.3 is 15.0 Å². The van der Waals surface area contributed by atoms with Gasteiger partial charge in [0.2, 0.25) is 0 Å². The Morgan fingerprint density at radius 1 is 1.30 bits per heavy atom. The Hall–Kier alpha value is -1.59. The summed E-state index contributed by atoms with van der Waals surface area (Å²) < 4.78 is 5.16. The molecule has 0 aromatic heterocycles. The number of amides is 2. The molecule has 1 N–H and O–H groups in total. The molecule has 0 aliphatic heterocycles. The lowest BCUT2D eigenvalue weighted by molar-refractivity contribution is 0.143. The molecule has 1 aromatic rings. The quantitative estimate of drug-likeness (QED) is 0.759. The maximum absolute atomic E-state index is 12.2. The third-order valence-corrected chi connectivity index (χ3v) is 4.34. The molecule has 1 saturated carbocycles. The van der Waals surface area contributed by atoms with E-state index < -0.39 is 0 Å². The van der Waals surface area contributed by atoms with Gasteiger partial charge in [-0.25, -0.2) is 4.79 Å². The van der Waals surface area contributed by atoms with Gasteiger partial charge in [0, 0.05) is 46.4 Å². The molecular weight excluding hydrogens is 290 g/mol. The minimum absolute atomic E-state index is 0.0178. The van der Waals surface area contributed by atoms with Gasteiger partial charge in [0.1, 0.15) is 0 Å². The van der Waals surface area contributed by atoms with Gasteiger partial charge in [0.25, 0.3) is 0 Å². The second kappa shape index (κ2) is 8.89. The molecule has 128 valence electrons. The summed E-state index contributed by atoms with van der Waals surface area (Å²) in [6.07, 6.45) is 2.54. The van der Waals surface area contributed by atoms with Gasteiger partial charge in [-0.1, -0.05) is 24.3 Å². The zero-order valence-electron chi connectivity index (χ0n) is 14.5. The van der Waals surface area contributed by atoms with E-state index >= 15 is 0 Å². The van der Waals surface area contributed by atoms with E-state index in [1.165, 1.54) is 24.0 Å². The number of carbonyl (C=O) groups is 1. The molecule has 0 bridgehead atoms. The van der Waals surface area contributed by atoms with Gasteiger partial charge in [0.05, 0.1) is 6.61 Å². The summed E-state index contributed by atoms with van der Waals surface area (Å²) in [7, 11) is 3.57. The highest BCUT2D eigenvalue weighted by molar-refractivity contribution is 5.73. The fourth-order valence-corrected chi connectivity index (χ4v) is 2.68. The first-order valence-corrected chi connectivity index (χ1v) is 8.38. The molecule has 0 spiro atoms. The third kappa shape index (κ3) is 5.84. The summed E-state index contributed by atoms with van der Waals surface area (Å²) in [6, 6.07) is 8.84. The van der Waals surface area contributed by atoms with Crippen LogP contribution in [0.5, 0.6) is 0 Å². The molecule has 0 heterocycles. The molecule has 1 aromatic carbocycles. The van der Waals surface area contributed by atoms with Crippen molar-refractivity contribution in [1.29, 1.82) is 0 Å². The molecule has 2 amide bonds. The Morgan fingerprint density at radius 2 is 2.04 bits per heavy atom. The number of urea groups is 1. The highest BCUT2D eigenvalue weighted by atomic mass is 16.5. The zero-order valence-corrected chi connectivity index (χ0v) is 14.5. The average molecular weight is 319 g/mol. The second-order valence-electron chi connectivity index (χ2n) is 6.27. The van der Waals surface area contributed by atoms with Gasteiger partial charge in [-0.15, -0.1) is 0 Å². The van der Waals surface area contributed by atoms with Crippen molar-refractivity contribution in [2.75, 3.05) is 40.4 Å². The Bertz CT molecular complexity index is 503. The lowest BCUT2D eigenvalue weighted by atomic mass is 10.1. The molecule has 0 radical (unpaired) electrons. The van der Waals surface area contributed by atoms with Crippen LogP contribution in [0.4, 0.5) is 4.79 Å². The predicted molar refractivity (Wildman–Crippen MR) is 92.5 cm³/mol. The molecule has 2 rings (SSSR count). The first-order valence-electron chi connectivity index (χ1n) is 8.38. The lowest BCUT2D eigenvalue weighted by Crippen LogP contribution is -2.42. The third-order valence-electron chi connectivity index (χ3n) is 4.34. The number of nitrogens with one attached hydrogen (secondary N) is 1. The van der Waals surface area contributed by atoms with Gasteiger partial charge in [-0.05, 0) is 30.9 Å². The van der Waals surface area contributed by atoms with E-state index in [1.807, 2.05) is 19.2 Å². The van der Waals surface area contributed by atoms with Crippen LogP contribution in [0, 0.1) is 6.92 Å². The Kier molecular flexibility index (Phi) is 6.86. The smallest absolute Gasteiger partial charge is 0.317 e. The number of ether oxygens (including phenoxy) is 1. The highest BCUT2D eigenvalue weighted by Gasteiger charge is 2.28. The molecule has 0 atom stereocenters. The number of hydrogen-bond donors (Lipinski definition) is 1. The summed E-state index contributed by atoms with van der Waals surface area (Å²) in [5.41, 5.74) is 2.40. The zero-order chi connectivity index (χ0) is 16.7. The fourth-order valence-electron chi connectivity index (χ4n) is 2.68. The molecule has 5 heteroatoms. The van der Waals surface area contributed by atoms with Crippen molar-refractivity contribution >= 4 is 6.03 Å². The molecule has 5 nitrogen and oxygen atoms in total. The first kappa shape index (κ1) is 17.8. The molecule has 1 aliphatic carbocycles. The van der Waals surface area contributed by atoms with Crippen LogP contribution in [0.3, 0.4) is 0 Å². The largest absolute Gasteiger partial charge is 0.383 e.